The summed E-state index contributed by atoms with van der Waals surface area (Å²) in [6, 6.07) is 14.9. The lowest BCUT2D eigenvalue weighted by atomic mass is 10.1. The van der Waals surface area contributed by atoms with E-state index in [1.165, 1.54) is 23.8 Å². The van der Waals surface area contributed by atoms with Crippen LogP contribution in [0.4, 0.5) is 4.39 Å². The molecule has 5 heteroatoms. The van der Waals surface area contributed by atoms with E-state index in [9.17, 15) is 9.18 Å². The van der Waals surface area contributed by atoms with Crippen LogP contribution in [0.5, 0.6) is 0 Å². The molecule has 1 aliphatic rings. The number of likely N-dealkylation sites (tertiary alicyclic amines) is 1. The minimum atomic E-state index is -0.359. The van der Waals surface area contributed by atoms with Crippen LogP contribution in [0.15, 0.2) is 53.0 Å². The standard InChI is InChI=1S/C19H20BrFN2O/c1-13(14-5-3-2-4-6-14)23-10-9-16(12-23)22-19(24)17-8-7-15(21)11-18(17)20/h2-8,11,13,16H,9-10,12H2,1H3,(H,22,24). The van der Waals surface area contributed by atoms with Gasteiger partial charge in [-0.3, -0.25) is 9.69 Å². The van der Waals surface area contributed by atoms with E-state index in [0.29, 0.717) is 16.1 Å². The second-order valence-electron chi connectivity index (χ2n) is 6.16. The smallest absolute Gasteiger partial charge is 0.252 e. The first kappa shape index (κ1) is 17.1. The first-order valence-corrected chi connectivity index (χ1v) is 8.89. The molecular weight excluding hydrogens is 371 g/mol. The van der Waals surface area contributed by atoms with Gasteiger partial charge in [0.2, 0.25) is 0 Å². The van der Waals surface area contributed by atoms with Gasteiger partial charge in [-0.1, -0.05) is 30.3 Å². The number of nitrogens with one attached hydrogen (secondary N) is 1. The molecule has 1 saturated heterocycles. The highest BCUT2D eigenvalue weighted by atomic mass is 79.9. The maximum absolute atomic E-state index is 13.1. The maximum Gasteiger partial charge on any atom is 0.252 e. The molecule has 0 aliphatic carbocycles. The minimum Gasteiger partial charge on any atom is -0.348 e. The SMILES string of the molecule is CC(c1ccccc1)N1CCC(NC(=O)c2ccc(F)cc2Br)C1. The van der Waals surface area contributed by atoms with E-state index in [2.05, 4.69) is 45.2 Å². The minimum absolute atomic E-state index is 0.112. The van der Waals surface area contributed by atoms with Crippen LogP contribution < -0.4 is 5.32 Å². The Kier molecular flexibility index (Phi) is 5.31. The molecule has 2 atom stereocenters. The van der Waals surface area contributed by atoms with Gasteiger partial charge < -0.3 is 5.32 Å². The molecule has 2 unspecified atom stereocenters. The lowest BCUT2D eigenvalue weighted by Gasteiger charge is -2.24. The average molecular weight is 391 g/mol. The summed E-state index contributed by atoms with van der Waals surface area (Å²) in [5.74, 6) is -0.525. The lowest BCUT2D eigenvalue weighted by Crippen LogP contribution is -2.37. The van der Waals surface area contributed by atoms with Gasteiger partial charge in [-0.2, -0.15) is 0 Å². The van der Waals surface area contributed by atoms with E-state index in [4.69, 9.17) is 0 Å². The predicted octanol–water partition coefficient (Wildman–Crippen LogP) is 4.15. The molecule has 1 amide bonds. The van der Waals surface area contributed by atoms with Crippen molar-refractivity contribution >= 4 is 21.8 Å². The fourth-order valence-electron chi connectivity index (χ4n) is 3.14. The topological polar surface area (TPSA) is 32.3 Å². The number of nitrogens with zero attached hydrogens (tertiary/aromatic N) is 1. The quantitative estimate of drug-likeness (QED) is 0.849. The van der Waals surface area contributed by atoms with Crippen LogP contribution in [-0.4, -0.2) is 29.9 Å². The van der Waals surface area contributed by atoms with Crippen LogP contribution in [0, 0.1) is 5.82 Å². The molecule has 126 valence electrons. The maximum atomic E-state index is 13.1. The second kappa shape index (κ2) is 7.45. The lowest BCUT2D eigenvalue weighted by molar-refractivity contribution is 0.0935. The first-order chi connectivity index (χ1) is 11.5. The van der Waals surface area contributed by atoms with Crippen molar-refractivity contribution in [3.63, 3.8) is 0 Å². The van der Waals surface area contributed by atoms with Crippen molar-refractivity contribution in [2.45, 2.75) is 25.4 Å². The summed E-state index contributed by atoms with van der Waals surface area (Å²) in [6.07, 6.45) is 0.918. The van der Waals surface area contributed by atoms with Crippen molar-refractivity contribution in [1.29, 1.82) is 0 Å². The summed E-state index contributed by atoms with van der Waals surface area (Å²) in [6.45, 7) is 3.96. The van der Waals surface area contributed by atoms with Gasteiger partial charge in [0.05, 0.1) is 5.56 Å². The molecule has 0 bridgehead atoms. The molecule has 0 saturated carbocycles. The van der Waals surface area contributed by atoms with E-state index in [1.807, 2.05) is 18.2 Å². The van der Waals surface area contributed by atoms with Crippen molar-refractivity contribution in [1.82, 2.24) is 10.2 Å². The summed E-state index contributed by atoms with van der Waals surface area (Å²) in [4.78, 5) is 14.8. The van der Waals surface area contributed by atoms with E-state index in [-0.39, 0.29) is 17.8 Å². The molecule has 0 aromatic heterocycles. The average Bonchev–Trinajstić information content (AvgIpc) is 3.03. The fraction of sp³-hybridized carbons (Fsp3) is 0.316. The van der Waals surface area contributed by atoms with Gasteiger partial charge in [-0.25, -0.2) is 4.39 Å². The fourth-order valence-corrected chi connectivity index (χ4v) is 3.67. The molecule has 0 radical (unpaired) electrons. The highest BCUT2D eigenvalue weighted by molar-refractivity contribution is 9.10. The van der Waals surface area contributed by atoms with Crippen LogP contribution in [0.3, 0.4) is 0 Å². The monoisotopic (exact) mass is 390 g/mol. The summed E-state index contributed by atoms with van der Waals surface area (Å²) in [5, 5.41) is 3.06. The zero-order valence-corrected chi connectivity index (χ0v) is 15.1. The predicted molar refractivity (Wildman–Crippen MR) is 96.4 cm³/mol. The molecule has 2 aromatic carbocycles. The molecule has 1 N–H and O–H groups in total. The molecule has 2 aromatic rings. The summed E-state index contributed by atoms with van der Waals surface area (Å²) in [7, 11) is 0. The number of amides is 1. The van der Waals surface area contributed by atoms with E-state index in [0.717, 1.165) is 19.5 Å². The van der Waals surface area contributed by atoms with Gasteiger partial charge in [0.15, 0.2) is 0 Å². The Balaban J connectivity index is 1.61. The van der Waals surface area contributed by atoms with Crippen molar-refractivity contribution in [2.75, 3.05) is 13.1 Å². The van der Waals surface area contributed by atoms with Gasteiger partial charge in [-0.15, -0.1) is 0 Å². The van der Waals surface area contributed by atoms with E-state index < -0.39 is 0 Å². The Labute approximate surface area is 150 Å². The molecule has 1 aliphatic heterocycles. The molecular formula is C19H20BrFN2O. The number of carbonyl (C=O) groups is 1. The molecule has 3 rings (SSSR count). The zero-order valence-electron chi connectivity index (χ0n) is 13.5. The Hall–Kier alpha value is -1.72. The van der Waals surface area contributed by atoms with Crippen molar-refractivity contribution < 1.29 is 9.18 Å². The third-order valence-electron chi connectivity index (χ3n) is 4.56. The number of hydrogen-bond donors (Lipinski definition) is 1. The molecule has 0 spiro atoms. The number of rotatable bonds is 4. The van der Waals surface area contributed by atoms with Crippen molar-refractivity contribution in [2.24, 2.45) is 0 Å². The molecule has 24 heavy (non-hydrogen) atoms. The third-order valence-corrected chi connectivity index (χ3v) is 5.22. The van der Waals surface area contributed by atoms with Crippen LogP contribution in [0.2, 0.25) is 0 Å². The van der Waals surface area contributed by atoms with Crippen molar-refractivity contribution in [3.05, 3.63) is 69.9 Å². The van der Waals surface area contributed by atoms with E-state index in [1.54, 1.807) is 0 Å². The van der Waals surface area contributed by atoms with Crippen LogP contribution in [0.25, 0.3) is 0 Å². The van der Waals surface area contributed by atoms with Crippen molar-refractivity contribution in [3.8, 4) is 0 Å². The Morgan fingerprint density at radius 3 is 2.75 bits per heavy atom. The summed E-state index contributed by atoms with van der Waals surface area (Å²) >= 11 is 3.25. The Morgan fingerprint density at radius 1 is 1.29 bits per heavy atom. The zero-order chi connectivity index (χ0) is 17.1. The largest absolute Gasteiger partial charge is 0.348 e. The Bertz CT molecular complexity index is 723. The summed E-state index contributed by atoms with van der Waals surface area (Å²) in [5.41, 5.74) is 1.75. The molecule has 3 nitrogen and oxygen atoms in total. The van der Waals surface area contributed by atoms with Gasteiger partial charge in [0.25, 0.3) is 5.91 Å². The van der Waals surface area contributed by atoms with Gasteiger partial charge in [0, 0.05) is 29.6 Å². The highest BCUT2D eigenvalue weighted by Gasteiger charge is 2.28. The summed E-state index contributed by atoms with van der Waals surface area (Å²) < 4.78 is 13.6. The van der Waals surface area contributed by atoms with Crippen LogP contribution >= 0.6 is 15.9 Å². The number of hydrogen-bond acceptors (Lipinski definition) is 2. The normalized spacial score (nSPS) is 19.2. The van der Waals surface area contributed by atoms with Gasteiger partial charge >= 0.3 is 0 Å². The second-order valence-corrected chi connectivity index (χ2v) is 7.02. The Morgan fingerprint density at radius 2 is 2.04 bits per heavy atom. The van der Waals surface area contributed by atoms with Gasteiger partial charge in [-0.05, 0) is 53.0 Å². The number of carbonyl (C=O) groups excluding carboxylic acids is 1. The number of halogens is 2. The molecule has 1 fully saturated rings. The van der Waals surface area contributed by atoms with Gasteiger partial charge in [0.1, 0.15) is 5.82 Å². The first-order valence-electron chi connectivity index (χ1n) is 8.09. The third kappa shape index (κ3) is 3.84. The van der Waals surface area contributed by atoms with E-state index >= 15 is 0 Å². The van der Waals surface area contributed by atoms with Crippen LogP contribution in [0.1, 0.15) is 35.3 Å². The highest BCUT2D eigenvalue weighted by Crippen LogP contribution is 2.25. The molecule has 1 heterocycles. The number of benzene rings is 2. The van der Waals surface area contributed by atoms with Crippen LogP contribution in [-0.2, 0) is 0 Å².